The molecule has 0 amide bonds. The van der Waals surface area contributed by atoms with Crippen LogP contribution in [0.15, 0.2) is 47.6 Å². The van der Waals surface area contributed by atoms with Gasteiger partial charge >= 0.3 is 0 Å². The molecule has 132 valence electrons. The highest BCUT2D eigenvalue weighted by Crippen LogP contribution is 2.29. The second-order valence-corrected chi connectivity index (χ2v) is 6.87. The second kappa shape index (κ2) is 7.27. The Balaban J connectivity index is 1.29. The third kappa shape index (κ3) is 4.02. The number of hydrogen-bond acceptors (Lipinski definition) is 3. The fraction of sp³-hybridized carbons (Fsp3) is 0.474. The van der Waals surface area contributed by atoms with Gasteiger partial charge in [0.2, 0.25) is 0 Å². The van der Waals surface area contributed by atoms with Crippen molar-refractivity contribution >= 4 is 5.96 Å². The van der Waals surface area contributed by atoms with Crippen LogP contribution in [0, 0.1) is 0 Å². The van der Waals surface area contributed by atoms with Crippen molar-refractivity contribution in [2.45, 2.75) is 37.9 Å². The van der Waals surface area contributed by atoms with E-state index in [0.717, 1.165) is 29.9 Å². The summed E-state index contributed by atoms with van der Waals surface area (Å²) in [6.07, 6.45) is 5.94. The maximum Gasteiger partial charge on any atom is 0.191 e. The first-order valence-electron chi connectivity index (χ1n) is 9.13. The van der Waals surface area contributed by atoms with Crippen molar-refractivity contribution in [3.05, 3.63) is 48.3 Å². The molecule has 25 heavy (non-hydrogen) atoms. The number of rotatable bonds is 5. The molecule has 2 N–H and O–H groups in total. The third-order valence-electron chi connectivity index (χ3n) is 4.95. The van der Waals surface area contributed by atoms with Crippen LogP contribution in [0.5, 0.6) is 0 Å². The van der Waals surface area contributed by atoms with Gasteiger partial charge in [0, 0.05) is 38.4 Å². The van der Waals surface area contributed by atoms with Gasteiger partial charge in [-0.25, -0.2) is 4.68 Å². The van der Waals surface area contributed by atoms with Crippen LogP contribution in [0.4, 0.5) is 0 Å². The molecule has 1 saturated heterocycles. The highest BCUT2D eigenvalue weighted by Gasteiger charge is 2.34. The lowest BCUT2D eigenvalue weighted by Crippen LogP contribution is -2.44. The normalized spacial score (nSPS) is 21.5. The van der Waals surface area contributed by atoms with Crippen molar-refractivity contribution in [2.24, 2.45) is 4.99 Å². The van der Waals surface area contributed by atoms with E-state index >= 15 is 0 Å². The molecular weight excluding hydrogens is 312 g/mol. The predicted molar refractivity (Wildman–Crippen MR) is 99.9 cm³/mol. The predicted octanol–water partition coefficient (Wildman–Crippen LogP) is 1.77. The summed E-state index contributed by atoms with van der Waals surface area (Å²) in [5, 5.41) is 11.6. The fourth-order valence-electron chi connectivity index (χ4n) is 3.42. The van der Waals surface area contributed by atoms with Crippen molar-refractivity contribution in [3.8, 4) is 5.69 Å². The largest absolute Gasteiger partial charge is 0.352 e. The lowest BCUT2D eigenvalue weighted by Gasteiger charge is -2.18. The molecule has 2 aliphatic rings. The Kier molecular flexibility index (Phi) is 4.70. The average Bonchev–Trinajstić information content (AvgIpc) is 3.21. The van der Waals surface area contributed by atoms with Gasteiger partial charge in [0.25, 0.3) is 0 Å². The van der Waals surface area contributed by atoms with Crippen LogP contribution in [0.25, 0.3) is 5.69 Å². The summed E-state index contributed by atoms with van der Waals surface area (Å²) in [6.45, 7) is 3.01. The molecule has 1 aromatic heterocycles. The lowest BCUT2D eigenvalue weighted by molar-refractivity contribution is 0.321. The van der Waals surface area contributed by atoms with Gasteiger partial charge < -0.3 is 10.6 Å². The van der Waals surface area contributed by atoms with Crippen LogP contribution in [-0.2, 0) is 6.54 Å². The Hall–Kier alpha value is -2.34. The summed E-state index contributed by atoms with van der Waals surface area (Å²) in [6, 6.07) is 13.5. The standard InChI is InChI=1S/C19H26N6/c1-20-19(22-16-9-11-24(14-16)17-7-8-17)21-13-15-10-12-25(23-15)18-5-3-2-4-6-18/h2-6,10,12,16-17H,7-9,11,13-14H2,1H3,(H2,20,21,22). The number of benzene rings is 1. The molecule has 1 aliphatic heterocycles. The van der Waals surface area contributed by atoms with E-state index in [-0.39, 0.29) is 0 Å². The number of hydrogen-bond donors (Lipinski definition) is 2. The molecule has 6 nitrogen and oxygen atoms in total. The van der Waals surface area contributed by atoms with Gasteiger partial charge in [-0.3, -0.25) is 9.89 Å². The lowest BCUT2D eigenvalue weighted by atomic mass is 10.3. The zero-order valence-corrected chi connectivity index (χ0v) is 14.7. The molecule has 1 atom stereocenters. The van der Waals surface area contributed by atoms with Gasteiger partial charge in [-0.15, -0.1) is 0 Å². The van der Waals surface area contributed by atoms with Crippen LogP contribution in [0.2, 0.25) is 0 Å². The molecule has 1 aromatic carbocycles. The summed E-state index contributed by atoms with van der Waals surface area (Å²) in [7, 11) is 1.82. The van der Waals surface area contributed by atoms with E-state index in [1.165, 1.54) is 25.8 Å². The van der Waals surface area contributed by atoms with Crippen LogP contribution in [-0.4, -0.2) is 52.9 Å². The molecule has 1 saturated carbocycles. The molecule has 6 heteroatoms. The van der Waals surface area contributed by atoms with Crippen LogP contribution in [0.3, 0.4) is 0 Å². The maximum atomic E-state index is 4.63. The van der Waals surface area contributed by atoms with Crippen molar-refractivity contribution in [2.75, 3.05) is 20.1 Å². The number of likely N-dealkylation sites (tertiary alicyclic amines) is 1. The average molecular weight is 338 g/mol. The molecule has 0 bridgehead atoms. The summed E-state index contributed by atoms with van der Waals surface area (Å²) >= 11 is 0. The molecule has 0 radical (unpaired) electrons. The van der Waals surface area contributed by atoms with E-state index in [1.54, 1.807) is 0 Å². The van der Waals surface area contributed by atoms with E-state index < -0.39 is 0 Å². The Morgan fingerprint density at radius 1 is 1.20 bits per heavy atom. The highest BCUT2D eigenvalue weighted by molar-refractivity contribution is 5.79. The quantitative estimate of drug-likeness (QED) is 0.644. The minimum Gasteiger partial charge on any atom is -0.352 e. The summed E-state index contributed by atoms with van der Waals surface area (Å²) in [5.41, 5.74) is 2.07. The Morgan fingerprint density at radius 2 is 2.04 bits per heavy atom. The molecular formula is C19H26N6. The Morgan fingerprint density at radius 3 is 2.80 bits per heavy atom. The van der Waals surface area contributed by atoms with Gasteiger partial charge in [-0.1, -0.05) is 18.2 Å². The summed E-state index contributed by atoms with van der Waals surface area (Å²) < 4.78 is 1.90. The number of guanidine groups is 1. The van der Waals surface area contributed by atoms with Gasteiger partial charge in [0.05, 0.1) is 17.9 Å². The first-order valence-corrected chi connectivity index (χ1v) is 9.13. The number of aromatic nitrogens is 2. The maximum absolute atomic E-state index is 4.63. The van der Waals surface area contributed by atoms with Crippen molar-refractivity contribution in [1.29, 1.82) is 0 Å². The van der Waals surface area contributed by atoms with E-state index in [9.17, 15) is 0 Å². The highest BCUT2D eigenvalue weighted by atomic mass is 15.3. The van der Waals surface area contributed by atoms with Gasteiger partial charge in [0.15, 0.2) is 5.96 Å². The Labute approximate surface area is 148 Å². The molecule has 4 rings (SSSR count). The van der Waals surface area contributed by atoms with Gasteiger partial charge in [0.1, 0.15) is 0 Å². The summed E-state index contributed by atoms with van der Waals surface area (Å²) in [5.74, 6) is 0.858. The van der Waals surface area contributed by atoms with Crippen LogP contribution < -0.4 is 10.6 Å². The monoisotopic (exact) mass is 338 g/mol. The molecule has 1 aliphatic carbocycles. The smallest absolute Gasteiger partial charge is 0.191 e. The molecule has 1 unspecified atom stereocenters. The van der Waals surface area contributed by atoms with Crippen molar-refractivity contribution < 1.29 is 0 Å². The first kappa shape index (κ1) is 16.1. The van der Waals surface area contributed by atoms with Gasteiger partial charge in [-0.05, 0) is 37.5 Å². The van der Waals surface area contributed by atoms with E-state index in [1.807, 2.05) is 42.2 Å². The second-order valence-electron chi connectivity index (χ2n) is 6.87. The van der Waals surface area contributed by atoms with Crippen molar-refractivity contribution in [3.63, 3.8) is 0 Å². The van der Waals surface area contributed by atoms with E-state index in [4.69, 9.17) is 0 Å². The van der Waals surface area contributed by atoms with Gasteiger partial charge in [-0.2, -0.15) is 5.10 Å². The zero-order valence-electron chi connectivity index (χ0n) is 14.7. The van der Waals surface area contributed by atoms with Crippen LogP contribution in [0.1, 0.15) is 25.0 Å². The zero-order chi connectivity index (χ0) is 17.1. The van der Waals surface area contributed by atoms with E-state index in [0.29, 0.717) is 12.6 Å². The molecule has 2 fully saturated rings. The number of nitrogens with one attached hydrogen (secondary N) is 2. The van der Waals surface area contributed by atoms with E-state index in [2.05, 4.69) is 37.8 Å². The van der Waals surface area contributed by atoms with Crippen molar-refractivity contribution in [1.82, 2.24) is 25.3 Å². The minimum atomic E-state index is 0.494. The molecule has 2 heterocycles. The topological polar surface area (TPSA) is 57.5 Å². The fourth-order valence-corrected chi connectivity index (χ4v) is 3.42. The van der Waals surface area contributed by atoms with Crippen LogP contribution >= 0.6 is 0 Å². The number of nitrogens with zero attached hydrogens (tertiary/aromatic N) is 4. The Bertz CT molecular complexity index is 719. The first-order chi connectivity index (χ1) is 12.3. The summed E-state index contributed by atoms with van der Waals surface area (Å²) in [4.78, 5) is 6.96. The SMILES string of the molecule is CN=C(NCc1ccn(-c2ccccc2)n1)NC1CCN(C2CC2)C1. The molecule has 0 spiro atoms. The number of para-hydroxylation sites is 1. The number of aliphatic imine (C=N–C) groups is 1. The minimum absolute atomic E-state index is 0.494. The third-order valence-corrected chi connectivity index (χ3v) is 4.95. The molecule has 2 aromatic rings.